The minimum absolute atomic E-state index is 0.368. The molecule has 1 aromatic heterocycles. The molecule has 1 N–H and O–H groups in total. The van der Waals surface area contributed by atoms with E-state index in [1.807, 2.05) is 27.7 Å². The predicted octanol–water partition coefficient (Wildman–Crippen LogP) is 3.13. The molecule has 0 bridgehead atoms. The van der Waals surface area contributed by atoms with Crippen LogP contribution in [-0.2, 0) is 20.6 Å². The third-order valence-electron chi connectivity index (χ3n) is 4.55. The number of carbonyl (C=O) groups is 1. The molecular weight excluding hydrogens is 366 g/mol. The van der Waals surface area contributed by atoms with Crippen LogP contribution >= 0.6 is 0 Å². The highest BCUT2D eigenvalue weighted by molar-refractivity contribution is 6.54. The van der Waals surface area contributed by atoms with Gasteiger partial charge in [-0.2, -0.15) is 0 Å². The second kappa shape index (κ2) is 8.20. The van der Waals surface area contributed by atoms with Crippen LogP contribution in [0.3, 0.4) is 0 Å². The zero-order valence-corrected chi connectivity index (χ0v) is 17.7. The number of aromatic nitrogens is 3. The maximum atomic E-state index is 14.5. The second-order valence-electron chi connectivity index (χ2n) is 8.81. The monoisotopic (exact) mass is 396 g/mol. The van der Waals surface area contributed by atoms with Gasteiger partial charge < -0.3 is 19.4 Å². The molecule has 0 unspecified atom stereocenters. The van der Waals surface area contributed by atoms with Crippen molar-refractivity contribution in [2.75, 3.05) is 6.54 Å². The average Bonchev–Trinajstić information content (AvgIpc) is 3.04. The van der Waals surface area contributed by atoms with Crippen LogP contribution in [0.25, 0.3) is 6.08 Å². The van der Waals surface area contributed by atoms with Crippen LogP contribution in [0, 0.1) is 0 Å². The number of halogens is 1. The summed E-state index contributed by atoms with van der Waals surface area (Å²) in [7, 11) is -1.06. The number of aryl methyl sites for hydroxylation is 1. The molecule has 156 valence electrons. The zero-order valence-electron chi connectivity index (χ0n) is 17.7. The van der Waals surface area contributed by atoms with Crippen molar-refractivity contribution in [3.8, 4) is 0 Å². The van der Waals surface area contributed by atoms with Gasteiger partial charge >= 0.3 is 13.2 Å². The average molecular weight is 396 g/mol. The molecule has 1 aliphatic heterocycles. The fourth-order valence-corrected chi connectivity index (χ4v) is 2.40. The summed E-state index contributed by atoms with van der Waals surface area (Å²) in [6, 6.07) is 0. The molecule has 0 radical (unpaired) electrons. The Hall–Kier alpha value is -1.94. The molecule has 0 spiro atoms. The molecule has 1 saturated heterocycles. The number of carbonyl (C=O) groups excluding carboxylic acids is 1. The number of hydrogen-bond donors (Lipinski definition) is 1. The van der Waals surface area contributed by atoms with Crippen molar-refractivity contribution in [2.45, 2.75) is 78.2 Å². The Labute approximate surface area is 165 Å². The second-order valence-corrected chi connectivity index (χ2v) is 8.81. The molecule has 0 aromatic carbocycles. The van der Waals surface area contributed by atoms with Gasteiger partial charge in [-0.25, -0.2) is 9.18 Å². The van der Waals surface area contributed by atoms with Crippen molar-refractivity contribution in [2.24, 2.45) is 0 Å². The number of hydrogen-bond acceptors (Lipinski definition) is 6. The predicted molar refractivity (Wildman–Crippen MR) is 104 cm³/mol. The molecule has 0 atom stereocenters. The van der Waals surface area contributed by atoms with Gasteiger partial charge in [0.1, 0.15) is 17.0 Å². The van der Waals surface area contributed by atoms with Gasteiger partial charge in [0.25, 0.3) is 0 Å². The number of nitrogens with zero attached hydrogens (tertiary/aromatic N) is 3. The summed E-state index contributed by atoms with van der Waals surface area (Å²) in [5, 5.41) is 10.6. The highest BCUT2D eigenvalue weighted by Crippen LogP contribution is 2.38. The molecule has 1 aromatic rings. The van der Waals surface area contributed by atoms with Gasteiger partial charge in [0.05, 0.1) is 17.4 Å². The van der Waals surface area contributed by atoms with Crippen LogP contribution in [0.2, 0.25) is 0 Å². The topological polar surface area (TPSA) is 87.5 Å². The smallest absolute Gasteiger partial charge is 0.444 e. The molecule has 0 saturated carbocycles. The van der Waals surface area contributed by atoms with Gasteiger partial charge in [0.15, 0.2) is 0 Å². The van der Waals surface area contributed by atoms with E-state index in [0.717, 1.165) is 0 Å². The summed E-state index contributed by atoms with van der Waals surface area (Å²) >= 11 is 0. The quantitative estimate of drug-likeness (QED) is 0.587. The van der Waals surface area contributed by atoms with Gasteiger partial charge in [0, 0.05) is 13.1 Å². The minimum atomic E-state index is -1.06. The molecule has 28 heavy (non-hydrogen) atoms. The first-order valence-corrected chi connectivity index (χ1v) is 9.39. The Morgan fingerprint density at radius 1 is 1.32 bits per heavy atom. The highest BCUT2D eigenvalue weighted by atomic mass is 19.1. The number of rotatable bonds is 6. The molecule has 8 nitrogen and oxygen atoms in total. The lowest BCUT2D eigenvalue weighted by molar-refractivity contribution is 0.00578. The maximum Gasteiger partial charge on any atom is 0.525 e. The Balaban J connectivity index is 1.82. The number of nitrogens with one attached hydrogen (secondary N) is 1. The fraction of sp³-hybridized carbons (Fsp3) is 0.722. The van der Waals surface area contributed by atoms with Crippen molar-refractivity contribution < 1.29 is 23.2 Å². The molecule has 0 aliphatic carbocycles. The Morgan fingerprint density at radius 3 is 2.50 bits per heavy atom. The summed E-state index contributed by atoms with van der Waals surface area (Å²) in [6.45, 7) is 13.8. The minimum Gasteiger partial charge on any atom is -0.444 e. The van der Waals surface area contributed by atoms with Crippen LogP contribution in [-0.4, -0.2) is 51.6 Å². The lowest BCUT2D eigenvalue weighted by Gasteiger charge is -2.32. The SMILES string of the molecule is CC(C)(C)OC(=O)NCCCn1cc(C=C(F)B2OC(C)(C)C(C)(C)O2)nn1. The van der Waals surface area contributed by atoms with Gasteiger partial charge in [-0.05, 0) is 61.0 Å². The van der Waals surface area contributed by atoms with Crippen molar-refractivity contribution >= 4 is 19.3 Å². The summed E-state index contributed by atoms with van der Waals surface area (Å²) in [6.07, 6.45) is 3.05. The Kier molecular flexibility index (Phi) is 6.55. The van der Waals surface area contributed by atoms with Crippen LogP contribution in [0.4, 0.5) is 9.18 Å². The first-order chi connectivity index (χ1) is 12.8. The molecule has 2 rings (SSSR count). The largest absolute Gasteiger partial charge is 0.525 e. The van der Waals surface area contributed by atoms with Gasteiger partial charge in [-0.15, -0.1) is 5.10 Å². The summed E-state index contributed by atoms with van der Waals surface area (Å²) < 4.78 is 32.6. The molecule has 2 heterocycles. The van der Waals surface area contributed by atoms with Crippen molar-refractivity contribution in [1.82, 2.24) is 20.3 Å². The molecule has 10 heteroatoms. The van der Waals surface area contributed by atoms with Crippen LogP contribution < -0.4 is 5.32 Å². The van der Waals surface area contributed by atoms with Crippen LogP contribution in [0.1, 0.15) is 60.6 Å². The fourth-order valence-electron chi connectivity index (χ4n) is 2.40. The first kappa shape index (κ1) is 22.4. The van der Waals surface area contributed by atoms with Crippen molar-refractivity contribution in [3.05, 3.63) is 17.6 Å². The number of alkyl carbamates (subject to hydrolysis) is 1. The number of ether oxygens (including phenoxy) is 1. The Bertz CT molecular complexity index is 711. The van der Waals surface area contributed by atoms with Crippen LogP contribution in [0.5, 0.6) is 0 Å². The molecule has 1 aliphatic rings. The normalized spacial score (nSPS) is 19.0. The Morgan fingerprint density at radius 2 is 1.93 bits per heavy atom. The third kappa shape index (κ3) is 6.03. The highest BCUT2D eigenvalue weighted by Gasteiger charge is 2.53. The van der Waals surface area contributed by atoms with E-state index < -0.39 is 35.7 Å². The van der Waals surface area contributed by atoms with E-state index >= 15 is 0 Å². The first-order valence-electron chi connectivity index (χ1n) is 9.39. The van der Waals surface area contributed by atoms with Crippen molar-refractivity contribution in [1.29, 1.82) is 0 Å². The van der Waals surface area contributed by atoms with E-state index in [-0.39, 0.29) is 0 Å². The molecule has 1 amide bonds. The molecule has 1 fully saturated rings. The third-order valence-corrected chi connectivity index (χ3v) is 4.55. The summed E-state index contributed by atoms with van der Waals surface area (Å²) in [5.41, 5.74) is -1.94. The van der Waals surface area contributed by atoms with Crippen molar-refractivity contribution in [3.63, 3.8) is 0 Å². The van der Waals surface area contributed by atoms with Crippen LogP contribution in [0.15, 0.2) is 11.9 Å². The maximum absolute atomic E-state index is 14.5. The summed E-state index contributed by atoms with van der Waals surface area (Å²) in [5.74, 6) is 0. The van der Waals surface area contributed by atoms with Gasteiger partial charge in [0.2, 0.25) is 0 Å². The summed E-state index contributed by atoms with van der Waals surface area (Å²) in [4.78, 5) is 11.6. The lowest BCUT2D eigenvalue weighted by Crippen LogP contribution is -2.41. The zero-order chi connectivity index (χ0) is 21.2. The molecular formula is C18H30BFN4O4. The van der Waals surface area contributed by atoms with E-state index in [1.165, 1.54) is 6.08 Å². The van der Waals surface area contributed by atoms with E-state index in [0.29, 0.717) is 25.2 Å². The van der Waals surface area contributed by atoms with E-state index in [4.69, 9.17) is 14.0 Å². The van der Waals surface area contributed by atoms with E-state index in [1.54, 1.807) is 31.6 Å². The van der Waals surface area contributed by atoms with Gasteiger partial charge in [-0.3, -0.25) is 4.68 Å². The lowest BCUT2D eigenvalue weighted by atomic mass is 9.87. The van der Waals surface area contributed by atoms with E-state index in [9.17, 15) is 9.18 Å². The van der Waals surface area contributed by atoms with E-state index in [2.05, 4.69) is 15.6 Å². The number of amides is 1. The van der Waals surface area contributed by atoms with Gasteiger partial charge in [-0.1, -0.05) is 5.21 Å². The standard InChI is InChI=1S/C18H30BFN4O4/c1-16(2,3)26-15(25)21-9-8-10-24-12-13(22-23-24)11-14(20)19-27-17(4,5)18(6,7)28-19/h11-12H,8-10H2,1-7H3,(H,21,25).